The average Bonchev–Trinajstić information content (AvgIpc) is 2.81. The molecule has 2 unspecified atom stereocenters. The van der Waals surface area contributed by atoms with Crippen molar-refractivity contribution in [2.45, 2.75) is 65.1 Å². The number of hydrogen-bond donors (Lipinski definition) is 2. The van der Waals surface area contributed by atoms with Gasteiger partial charge < -0.3 is 9.47 Å². The van der Waals surface area contributed by atoms with Crippen molar-refractivity contribution in [3.8, 4) is 0 Å². The monoisotopic (exact) mass is 545 g/mol. The zero-order valence-electron chi connectivity index (χ0n) is 22.8. The van der Waals surface area contributed by atoms with E-state index in [1.807, 2.05) is 0 Å². The molecular formula is C26H35N5O8. The first kappa shape index (κ1) is 29.7. The molecule has 0 radical (unpaired) electrons. The van der Waals surface area contributed by atoms with Crippen LogP contribution in [-0.4, -0.2) is 101 Å². The van der Waals surface area contributed by atoms with Crippen LogP contribution in [0.5, 0.6) is 0 Å². The second-order valence-corrected chi connectivity index (χ2v) is 10.6. The fraction of sp³-hybridized carbons (Fsp3) is 0.538. The molecule has 0 bridgehead atoms. The SMILES string of the molecule is CC(C(C)N1CC(=O)N([C@@H](NC(=O)OC(C)(C)C)OC(=O)Cc2ccccc2)C(=O)C1)N1CC(=O)NC(=O)C1. The Morgan fingerprint density at radius 1 is 0.897 bits per heavy atom. The van der Waals surface area contributed by atoms with E-state index in [-0.39, 0.29) is 38.6 Å². The highest BCUT2D eigenvalue weighted by Gasteiger charge is 2.42. The summed E-state index contributed by atoms with van der Waals surface area (Å²) in [6.07, 6.45) is -2.83. The van der Waals surface area contributed by atoms with Gasteiger partial charge in [-0.1, -0.05) is 30.3 Å². The van der Waals surface area contributed by atoms with Crippen molar-refractivity contribution in [1.82, 2.24) is 25.3 Å². The van der Waals surface area contributed by atoms with Gasteiger partial charge in [-0.25, -0.2) is 9.69 Å². The van der Waals surface area contributed by atoms with E-state index < -0.39 is 53.7 Å². The number of amides is 5. The molecule has 0 spiro atoms. The molecular weight excluding hydrogens is 510 g/mol. The summed E-state index contributed by atoms with van der Waals surface area (Å²) >= 11 is 0. The Morgan fingerprint density at radius 3 is 1.92 bits per heavy atom. The highest BCUT2D eigenvalue weighted by Crippen LogP contribution is 2.18. The summed E-state index contributed by atoms with van der Waals surface area (Å²) in [5, 5.41) is 4.56. The summed E-state index contributed by atoms with van der Waals surface area (Å²) in [5.74, 6) is -3.01. The summed E-state index contributed by atoms with van der Waals surface area (Å²) in [7, 11) is 0. The van der Waals surface area contributed by atoms with Gasteiger partial charge in [-0.2, -0.15) is 0 Å². The van der Waals surface area contributed by atoms with Gasteiger partial charge in [-0.3, -0.25) is 44.4 Å². The molecule has 13 nitrogen and oxygen atoms in total. The molecule has 0 saturated carbocycles. The van der Waals surface area contributed by atoms with E-state index in [2.05, 4.69) is 10.6 Å². The molecule has 1 aromatic rings. The number of benzene rings is 1. The highest BCUT2D eigenvalue weighted by molar-refractivity contribution is 6.00. The summed E-state index contributed by atoms with van der Waals surface area (Å²) in [4.78, 5) is 79.2. The van der Waals surface area contributed by atoms with Gasteiger partial charge in [0.05, 0.1) is 32.6 Å². The van der Waals surface area contributed by atoms with E-state index >= 15 is 0 Å². The summed E-state index contributed by atoms with van der Waals surface area (Å²) in [6.45, 7) is 8.07. The molecule has 13 heteroatoms. The number of ether oxygens (including phenoxy) is 2. The number of nitrogens with one attached hydrogen (secondary N) is 2. The lowest BCUT2D eigenvalue weighted by Crippen LogP contribution is -2.66. The number of nitrogens with zero attached hydrogens (tertiary/aromatic N) is 3. The Bertz CT molecular complexity index is 1090. The fourth-order valence-electron chi connectivity index (χ4n) is 4.29. The third-order valence-corrected chi connectivity index (χ3v) is 6.35. The number of imide groups is 2. The van der Waals surface area contributed by atoms with Crippen molar-refractivity contribution in [2.75, 3.05) is 26.2 Å². The van der Waals surface area contributed by atoms with Crippen LogP contribution >= 0.6 is 0 Å². The smallest absolute Gasteiger partial charge is 0.412 e. The Balaban J connectivity index is 1.73. The minimum absolute atomic E-state index is 0.0123. The van der Waals surface area contributed by atoms with Crippen LogP contribution in [0, 0.1) is 0 Å². The number of carbonyl (C=O) groups is 6. The quantitative estimate of drug-likeness (QED) is 0.259. The second kappa shape index (κ2) is 12.3. The van der Waals surface area contributed by atoms with Crippen LogP contribution in [0.3, 0.4) is 0 Å². The van der Waals surface area contributed by atoms with Gasteiger partial charge in [0.2, 0.25) is 23.6 Å². The van der Waals surface area contributed by atoms with E-state index in [1.54, 1.807) is 74.8 Å². The van der Waals surface area contributed by atoms with Crippen LogP contribution in [0.25, 0.3) is 0 Å². The van der Waals surface area contributed by atoms with Crippen molar-refractivity contribution in [3.05, 3.63) is 35.9 Å². The van der Waals surface area contributed by atoms with Crippen LogP contribution in [-0.2, 0) is 39.9 Å². The molecule has 2 N–H and O–H groups in total. The lowest BCUT2D eigenvalue weighted by atomic mass is 10.1. The highest BCUT2D eigenvalue weighted by atomic mass is 16.6. The topological polar surface area (TPSA) is 155 Å². The van der Waals surface area contributed by atoms with Crippen molar-refractivity contribution in [3.63, 3.8) is 0 Å². The summed E-state index contributed by atoms with van der Waals surface area (Å²) in [5.41, 5.74) is -0.234. The minimum atomic E-state index is -1.71. The van der Waals surface area contributed by atoms with Gasteiger partial charge >= 0.3 is 12.1 Å². The molecule has 2 fully saturated rings. The summed E-state index contributed by atoms with van der Waals surface area (Å²) in [6, 6.07) is 7.99. The molecule has 5 amide bonds. The minimum Gasteiger partial charge on any atom is -0.444 e. The van der Waals surface area contributed by atoms with Gasteiger partial charge in [-0.05, 0) is 40.2 Å². The number of rotatable bonds is 8. The van der Waals surface area contributed by atoms with E-state index in [0.29, 0.717) is 10.5 Å². The normalized spacial score (nSPS) is 19.7. The van der Waals surface area contributed by atoms with Crippen LogP contribution in [0.2, 0.25) is 0 Å². The van der Waals surface area contributed by atoms with E-state index in [4.69, 9.17) is 9.47 Å². The number of esters is 1. The number of hydrogen-bond acceptors (Lipinski definition) is 10. The standard InChI is InChI=1S/C26H35N5O8/c1-16(29-12-19(32)27-20(33)13-29)17(2)30-14-21(34)31(22(35)15-30)24(28-25(37)39-26(3,4)5)38-23(36)11-18-9-7-6-8-10-18/h6-10,16-17,24H,11-15H2,1-5H3,(H,28,37)(H,27,32,33)/t16?,17?,24-/m1/s1. The Kier molecular flexibility index (Phi) is 9.41. The third-order valence-electron chi connectivity index (χ3n) is 6.35. The molecule has 3 atom stereocenters. The Morgan fingerprint density at radius 2 is 1.41 bits per heavy atom. The molecule has 2 saturated heterocycles. The van der Waals surface area contributed by atoms with Crippen LogP contribution in [0.15, 0.2) is 30.3 Å². The second-order valence-electron chi connectivity index (χ2n) is 10.6. The van der Waals surface area contributed by atoms with Crippen molar-refractivity contribution < 1.29 is 38.2 Å². The molecule has 0 aliphatic carbocycles. The largest absolute Gasteiger partial charge is 0.444 e. The zero-order valence-corrected chi connectivity index (χ0v) is 22.8. The number of alkyl carbamates (subject to hydrolysis) is 1. The maximum absolute atomic E-state index is 13.2. The Hall–Kier alpha value is -3.84. The summed E-state index contributed by atoms with van der Waals surface area (Å²) < 4.78 is 10.6. The first-order chi connectivity index (χ1) is 18.2. The Labute approximate surface area is 226 Å². The van der Waals surface area contributed by atoms with Gasteiger partial charge in [0.25, 0.3) is 6.35 Å². The third kappa shape index (κ3) is 8.32. The van der Waals surface area contributed by atoms with Crippen LogP contribution < -0.4 is 10.6 Å². The first-order valence-corrected chi connectivity index (χ1v) is 12.6. The molecule has 39 heavy (non-hydrogen) atoms. The molecule has 2 aliphatic heterocycles. The average molecular weight is 546 g/mol. The van der Waals surface area contributed by atoms with Gasteiger partial charge in [0, 0.05) is 12.1 Å². The zero-order chi connectivity index (χ0) is 28.9. The molecule has 1 aromatic carbocycles. The van der Waals surface area contributed by atoms with Crippen molar-refractivity contribution in [1.29, 1.82) is 0 Å². The predicted molar refractivity (Wildman–Crippen MR) is 136 cm³/mol. The van der Waals surface area contributed by atoms with Crippen LogP contribution in [0.4, 0.5) is 4.79 Å². The van der Waals surface area contributed by atoms with Crippen molar-refractivity contribution in [2.24, 2.45) is 0 Å². The van der Waals surface area contributed by atoms with Gasteiger partial charge in [0.15, 0.2) is 0 Å². The van der Waals surface area contributed by atoms with Gasteiger partial charge in [-0.15, -0.1) is 0 Å². The molecule has 0 aromatic heterocycles. The van der Waals surface area contributed by atoms with Gasteiger partial charge in [0.1, 0.15) is 5.60 Å². The van der Waals surface area contributed by atoms with Crippen molar-refractivity contribution >= 4 is 35.7 Å². The predicted octanol–water partition coefficient (Wildman–Crippen LogP) is -0.0132. The van der Waals surface area contributed by atoms with E-state index in [9.17, 15) is 28.8 Å². The number of piperazine rings is 2. The fourth-order valence-corrected chi connectivity index (χ4v) is 4.29. The van der Waals surface area contributed by atoms with Crippen LogP contribution in [0.1, 0.15) is 40.2 Å². The molecule has 2 heterocycles. The molecule has 2 aliphatic rings. The lowest BCUT2D eigenvalue weighted by molar-refractivity contribution is -0.178. The maximum atomic E-state index is 13.2. The first-order valence-electron chi connectivity index (χ1n) is 12.6. The number of carbonyl (C=O) groups excluding carboxylic acids is 6. The molecule has 212 valence electrons. The van der Waals surface area contributed by atoms with E-state index in [0.717, 1.165) is 0 Å². The molecule has 3 rings (SSSR count). The lowest BCUT2D eigenvalue weighted by Gasteiger charge is -2.43. The maximum Gasteiger partial charge on any atom is 0.412 e. The van der Waals surface area contributed by atoms with E-state index in [1.165, 1.54) is 0 Å².